The van der Waals surface area contributed by atoms with Gasteiger partial charge in [-0.3, -0.25) is 9.69 Å². The summed E-state index contributed by atoms with van der Waals surface area (Å²) in [6, 6.07) is 12.1. The number of anilines is 1. The predicted molar refractivity (Wildman–Crippen MR) is 93.2 cm³/mol. The molecule has 5 nitrogen and oxygen atoms in total. The van der Waals surface area contributed by atoms with Gasteiger partial charge in [0.15, 0.2) is 6.61 Å². The van der Waals surface area contributed by atoms with Gasteiger partial charge in [-0.05, 0) is 37.1 Å². The number of rotatable bonds is 4. The zero-order valence-corrected chi connectivity index (χ0v) is 14.3. The van der Waals surface area contributed by atoms with E-state index in [0.29, 0.717) is 0 Å². The van der Waals surface area contributed by atoms with Crippen LogP contribution in [0.15, 0.2) is 42.6 Å². The molecule has 0 radical (unpaired) electrons. The summed E-state index contributed by atoms with van der Waals surface area (Å²) in [6.07, 6.45) is 1.92. The maximum absolute atomic E-state index is 12.4. The van der Waals surface area contributed by atoms with Gasteiger partial charge in [-0.2, -0.15) is 0 Å². The number of pyridine rings is 1. The lowest BCUT2D eigenvalue weighted by atomic mass is 10.1. The number of hydrogen-bond donors (Lipinski definition) is 0. The van der Waals surface area contributed by atoms with Crippen LogP contribution in [0.25, 0.3) is 0 Å². The Hall–Kier alpha value is -2.56. The summed E-state index contributed by atoms with van der Waals surface area (Å²) in [4.78, 5) is 19.8. The van der Waals surface area contributed by atoms with E-state index in [1.54, 1.807) is 0 Å². The van der Waals surface area contributed by atoms with Crippen LogP contribution in [-0.4, -0.2) is 43.6 Å². The molecule has 0 spiro atoms. The highest BCUT2D eigenvalue weighted by atomic mass is 16.5. The molecule has 1 amide bonds. The molecule has 1 aliphatic rings. The lowest BCUT2D eigenvalue weighted by molar-refractivity contribution is -0.364. The van der Waals surface area contributed by atoms with Crippen LogP contribution >= 0.6 is 0 Å². The van der Waals surface area contributed by atoms with Crippen molar-refractivity contribution in [2.24, 2.45) is 0 Å². The van der Waals surface area contributed by atoms with Gasteiger partial charge < -0.3 is 9.64 Å². The molecular weight excluding hydrogens is 302 g/mol. The monoisotopic (exact) mass is 326 g/mol. The van der Waals surface area contributed by atoms with Gasteiger partial charge in [0.25, 0.3) is 11.7 Å². The summed E-state index contributed by atoms with van der Waals surface area (Å²) in [7, 11) is 0. The summed E-state index contributed by atoms with van der Waals surface area (Å²) in [5.74, 6) is 1.93. The number of aryl methyl sites for hydroxylation is 2. The molecule has 1 fully saturated rings. The number of carbonyl (C=O) groups is 1. The highest BCUT2D eigenvalue weighted by molar-refractivity contribution is 5.78. The maximum atomic E-state index is 12.4. The van der Waals surface area contributed by atoms with Crippen molar-refractivity contribution in [3.8, 4) is 5.75 Å². The summed E-state index contributed by atoms with van der Waals surface area (Å²) < 4.78 is 5.73. The number of ether oxygens (including phenoxy) is 1. The number of nitrogens with one attached hydrogen (secondary N) is 1. The average molecular weight is 326 g/mol. The summed E-state index contributed by atoms with van der Waals surface area (Å²) in [5.41, 5.74) is 2.19. The molecular formula is C19H24N3O2+. The standard InChI is InChI=1S/C19H23N3O2/c1-15-6-7-16(2)17(13-15)24-14-19(23)22-11-9-21(10-12-22)18-5-3-4-8-20-18/h3-8,13H,9-12,14H2,1-2H3/p+1. The normalized spacial score (nSPS) is 14.6. The highest BCUT2D eigenvalue weighted by Gasteiger charge is 2.26. The van der Waals surface area contributed by atoms with E-state index in [2.05, 4.69) is 16.0 Å². The van der Waals surface area contributed by atoms with Crippen LogP contribution in [0.5, 0.6) is 5.75 Å². The predicted octanol–water partition coefficient (Wildman–Crippen LogP) is 1.85. The average Bonchev–Trinajstić information content (AvgIpc) is 2.63. The minimum absolute atomic E-state index is 0.0487. The number of benzene rings is 1. The van der Waals surface area contributed by atoms with Crippen molar-refractivity contribution in [2.75, 3.05) is 37.7 Å². The Morgan fingerprint density at radius 3 is 2.62 bits per heavy atom. The number of piperazine rings is 1. The second-order valence-corrected chi connectivity index (χ2v) is 6.17. The van der Waals surface area contributed by atoms with Crippen LogP contribution in [0.4, 0.5) is 5.82 Å². The number of H-pyrrole nitrogens is 1. The van der Waals surface area contributed by atoms with E-state index in [1.807, 2.05) is 55.3 Å². The van der Waals surface area contributed by atoms with Gasteiger partial charge in [0, 0.05) is 6.07 Å². The topological polar surface area (TPSA) is 46.9 Å². The second kappa shape index (κ2) is 7.34. The van der Waals surface area contributed by atoms with Gasteiger partial charge in [-0.15, -0.1) is 0 Å². The molecule has 1 aromatic heterocycles. The first-order chi connectivity index (χ1) is 11.6. The van der Waals surface area contributed by atoms with Gasteiger partial charge in [-0.1, -0.05) is 18.2 Å². The number of nitrogens with zero attached hydrogens (tertiary/aromatic N) is 2. The van der Waals surface area contributed by atoms with Crippen molar-refractivity contribution < 1.29 is 14.5 Å². The van der Waals surface area contributed by atoms with E-state index in [1.165, 1.54) is 0 Å². The van der Waals surface area contributed by atoms with Crippen molar-refractivity contribution in [3.63, 3.8) is 0 Å². The van der Waals surface area contributed by atoms with Crippen molar-refractivity contribution >= 4 is 11.7 Å². The van der Waals surface area contributed by atoms with Gasteiger partial charge in [0.2, 0.25) is 0 Å². The Balaban J connectivity index is 1.51. The Morgan fingerprint density at radius 2 is 1.92 bits per heavy atom. The van der Waals surface area contributed by atoms with E-state index >= 15 is 0 Å². The fourth-order valence-corrected chi connectivity index (χ4v) is 2.87. The van der Waals surface area contributed by atoms with E-state index < -0.39 is 0 Å². The number of aromatic nitrogens is 1. The molecule has 3 rings (SSSR count). The highest BCUT2D eigenvalue weighted by Crippen LogP contribution is 2.19. The fraction of sp³-hybridized carbons (Fsp3) is 0.368. The van der Waals surface area contributed by atoms with Gasteiger partial charge >= 0.3 is 0 Å². The summed E-state index contributed by atoms with van der Waals surface area (Å²) in [6.45, 7) is 7.21. The van der Waals surface area contributed by atoms with Crippen LogP contribution in [0, 0.1) is 13.8 Å². The first kappa shape index (κ1) is 16.3. The maximum Gasteiger partial charge on any atom is 0.274 e. The molecule has 0 unspecified atom stereocenters. The molecule has 2 heterocycles. The van der Waals surface area contributed by atoms with Crippen LogP contribution in [0.1, 0.15) is 11.1 Å². The zero-order chi connectivity index (χ0) is 16.9. The zero-order valence-electron chi connectivity index (χ0n) is 14.3. The van der Waals surface area contributed by atoms with Crippen LogP contribution in [0.3, 0.4) is 0 Å². The Kier molecular flexibility index (Phi) is 4.99. The first-order valence-electron chi connectivity index (χ1n) is 8.33. The lowest BCUT2D eigenvalue weighted by Gasteiger charge is -2.31. The molecule has 126 valence electrons. The number of hydrogen-bond acceptors (Lipinski definition) is 3. The number of carbonyl (C=O) groups excluding carboxylic acids is 1. The van der Waals surface area contributed by atoms with Crippen LogP contribution in [0.2, 0.25) is 0 Å². The van der Waals surface area contributed by atoms with Gasteiger partial charge in [0.1, 0.15) is 18.8 Å². The molecule has 24 heavy (non-hydrogen) atoms. The smallest absolute Gasteiger partial charge is 0.274 e. The molecule has 0 aliphatic carbocycles. The Labute approximate surface area is 142 Å². The fourth-order valence-electron chi connectivity index (χ4n) is 2.87. The van der Waals surface area contributed by atoms with E-state index in [0.717, 1.165) is 48.9 Å². The molecule has 1 aromatic carbocycles. The third-order valence-electron chi connectivity index (χ3n) is 4.36. The Morgan fingerprint density at radius 1 is 1.12 bits per heavy atom. The van der Waals surface area contributed by atoms with E-state index in [4.69, 9.17) is 4.74 Å². The van der Waals surface area contributed by atoms with Crippen molar-refractivity contribution in [3.05, 3.63) is 53.7 Å². The summed E-state index contributed by atoms with van der Waals surface area (Å²) >= 11 is 0. The van der Waals surface area contributed by atoms with Gasteiger partial charge in [-0.25, -0.2) is 4.98 Å². The van der Waals surface area contributed by atoms with Crippen LogP contribution < -0.4 is 14.6 Å². The second-order valence-electron chi connectivity index (χ2n) is 6.17. The van der Waals surface area contributed by atoms with E-state index in [9.17, 15) is 4.79 Å². The van der Waals surface area contributed by atoms with Crippen molar-refractivity contribution in [2.45, 2.75) is 13.8 Å². The van der Waals surface area contributed by atoms with Crippen LogP contribution in [-0.2, 0) is 4.79 Å². The number of aromatic amines is 1. The molecule has 0 bridgehead atoms. The van der Waals surface area contributed by atoms with E-state index in [-0.39, 0.29) is 12.5 Å². The first-order valence-corrected chi connectivity index (χ1v) is 8.33. The Bertz CT molecular complexity index is 695. The SMILES string of the molecule is Cc1ccc(C)c(OCC(=O)N2CCN(c3cccc[nH+]3)CC2)c1. The molecule has 2 aromatic rings. The largest absolute Gasteiger partial charge is 0.483 e. The molecule has 0 atom stereocenters. The minimum atomic E-state index is 0.0487. The minimum Gasteiger partial charge on any atom is -0.483 e. The van der Waals surface area contributed by atoms with Crippen molar-refractivity contribution in [1.82, 2.24) is 4.90 Å². The lowest BCUT2D eigenvalue weighted by Crippen LogP contribution is -2.51. The molecule has 0 saturated carbocycles. The van der Waals surface area contributed by atoms with Gasteiger partial charge in [0.05, 0.1) is 19.3 Å². The third kappa shape index (κ3) is 3.85. The third-order valence-corrected chi connectivity index (χ3v) is 4.36. The quantitative estimate of drug-likeness (QED) is 0.861. The molecule has 1 aliphatic heterocycles. The van der Waals surface area contributed by atoms with Crippen molar-refractivity contribution in [1.29, 1.82) is 0 Å². The molecule has 1 saturated heterocycles. The number of amides is 1. The summed E-state index contributed by atoms with van der Waals surface area (Å²) in [5, 5.41) is 0. The molecule has 1 N–H and O–H groups in total. The molecule has 5 heteroatoms.